The van der Waals surface area contributed by atoms with Crippen molar-refractivity contribution in [3.05, 3.63) is 40.4 Å². The van der Waals surface area contributed by atoms with E-state index in [2.05, 4.69) is 34.6 Å². The quantitative estimate of drug-likeness (QED) is 0.468. The van der Waals surface area contributed by atoms with Crippen LogP contribution >= 0.6 is 28.6 Å². The molecule has 23 heavy (non-hydrogen) atoms. The van der Waals surface area contributed by atoms with E-state index in [1.54, 1.807) is 0 Å². The molecule has 0 aliphatic carbocycles. The van der Waals surface area contributed by atoms with Gasteiger partial charge in [0.25, 0.3) is 0 Å². The SMILES string of the molecule is CC1(C)OB(C(=Cc2cc(C#N)ccc2CBr)CS)OC1(C)C. The molecule has 0 radical (unpaired) electrons. The van der Waals surface area contributed by atoms with Gasteiger partial charge < -0.3 is 9.31 Å². The van der Waals surface area contributed by atoms with Gasteiger partial charge in [0.2, 0.25) is 0 Å². The minimum absolute atomic E-state index is 0.382. The van der Waals surface area contributed by atoms with Gasteiger partial charge in [0.1, 0.15) is 0 Å². The summed E-state index contributed by atoms with van der Waals surface area (Å²) in [7, 11) is -0.425. The van der Waals surface area contributed by atoms with Crippen molar-refractivity contribution in [2.75, 3.05) is 5.75 Å². The van der Waals surface area contributed by atoms with Crippen molar-refractivity contribution in [1.82, 2.24) is 0 Å². The average Bonchev–Trinajstić information content (AvgIpc) is 2.72. The molecule has 1 saturated heterocycles. The summed E-state index contributed by atoms with van der Waals surface area (Å²) >= 11 is 7.93. The van der Waals surface area contributed by atoms with Gasteiger partial charge in [-0.05, 0) is 56.4 Å². The molecule has 0 saturated carbocycles. The van der Waals surface area contributed by atoms with Crippen molar-refractivity contribution in [2.24, 2.45) is 0 Å². The van der Waals surface area contributed by atoms with E-state index >= 15 is 0 Å². The highest BCUT2D eigenvalue weighted by Crippen LogP contribution is 2.39. The molecule has 0 N–H and O–H groups in total. The Morgan fingerprint density at radius 3 is 2.39 bits per heavy atom. The highest BCUT2D eigenvalue weighted by Gasteiger charge is 2.52. The van der Waals surface area contributed by atoms with E-state index in [0.717, 1.165) is 16.6 Å². The van der Waals surface area contributed by atoms with Crippen molar-refractivity contribution in [3.8, 4) is 6.07 Å². The lowest BCUT2D eigenvalue weighted by Gasteiger charge is -2.32. The molecular weight excluding hydrogens is 373 g/mol. The van der Waals surface area contributed by atoms with Gasteiger partial charge in [-0.2, -0.15) is 17.9 Å². The number of benzene rings is 1. The van der Waals surface area contributed by atoms with E-state index in [1.165, 1.54) is 0 Å². The molecule has 122 valence electrons. The van der Waals surface area contributed by atoms with Gasteiger partial charge in [0, 0.05) is 11.1 Å². The number of nitrogens with zero attached hydrogens (tertiary/aromatic N) is 1. The topological polar surface area (TPSA) is 42.2 Å². The van der Waals surface area contributed by atoms with Gasteiger partial charge in [0.05, 0.1) is 22.8 Å². The van der Waals surface area contributed by atoms with Crippen LogP contribution in [0.15, 0.2) is 23.7 Å². The van der Waals surface area contributed by atoms with E-state index in [0.29, 0.717) is 16.6 Å². The summed E-state index contributed by atoms with van der Waals surface area (Å²) in [5.74, 6) is 0.523. The predicted molar refractivity (Wildman–Crippen MR) is 102 cm³/mol. The Balaban J connectivity index is 2.39. The second-order valence-electron chi connectivity index (χ2n) is 6.62. The fraction of sp³-hybridized carbons (Fsp3) is 0.471. The monoisotopic (exact) mass is 393 g/mol. The molecule has 1 aromatic rings. The number of hydrogen-bond donors (Lipinski definition) is 1. The number of thiol groups is 1. The molecule has 1 aromatic carbocycles. The molecule has 2 rings (SSSR count). The first-order valence-corrected chi connectivity index (χ1v) is 9.25. The molecule has 0 atom stereocenters. The molecule has 1 aliphatic rings. The molecule has 1 aliphatic heterocycles. The molecule has 0 bridgehead atoms. The van der Waals surface area contributed by atoms with Crippen LogP contribution in [0.1, 0.15) is 44.4 Å². The summed E-state index contributed by atoms with van der Waals surface area (Å²) in [6, 6.07) is 7.84. The predicted octanol–water partition coefficient (Wildman–Crippen LogP) is 4.40. The summed E-state index contributed by atoms with van der Waals surface area (Å²) in [5, 5.41) is 9.83. The van der Waals surface area contributed by atoms with Gasteiger partial charge in [-0.25, -0.2) is 0 Å². The van der Waals surface area contributed by atoms with E-state index in [1.807, 2.05) is 52.0 Å². The van der Waals surface area contributed by atoms with E-state index in [4.69, 9.17) is 14.6 Å². The third-order valence-corrected chi connectivity index (χ3v) is 5.47. The molecule has 0 unspecified atom stereocenters. The van der Waals surface area contributed by atoms with Gasteiger partial charge >= 0.3 is 7.12 Å². The van der Waals surface area contributed by atoms with Crippen molar-refractivity contribution in [3.63, 3.8) is 0 Å². The van der Waals surface area contributed by atoms with Crippen LogP contribution < -0.4 is 0 Å². The maximum Gasteiger partial charge on any atom is 0.491 e. The van der Waals surface area contributed by atoms with Gasteiger partial charge in [-0.15, -0.1) is 0 Å². The fourth-order valence-electron chi connectivity index (χ4n) is 2.30. The van der Waals surface area contributed by atoms with Crippen LogP contribution in [0.25, 0.3) is 6.08 Å². The molecule has 1 fully saturated rings. The van der Waals surface area contributed by atoms with Crippen LogP contribution in [-0.2, 0) is 14.6 Å². The van der Waals surface area contributed by atoms with Crippen molar-refractivity contribution < 1.29 is 9.31 Å². The fourth-order valence-corrected chi connectivity index (χ4v) is 3.05. The van der Waals surface area contributed by atoms with Crippen molar-refractivity contribution in [2.45, 2.75) is 44.2 Å². The lowest BCUT2D eigenvalue weighted by molar-refractivity contribution is 0.00578. The van der Waals surface area contributed by atoms with Crippen LogP contribution in [0.3, 0.4) is 0 Å². The Kier molecular flexibility index (Phi) is 5.68. The summed E-state index contributed by atoms with van der Waals surface area (Å²) in [4.78, 5) is 0. The third-order valence-electron chi connectivity index (χ3n) is 4.50. The van der Waals surface area contributed by atoms with Crippen LogP contribution in [-0.4, -0.2) is 24.1 Å². The third kappa shape index (κ3) is 3.85. The molecule has 0 spiro atoms. The molecular formula is C17H21BBrNO2S. The number of alkyl halides is 1. The normalized spacial score (nSPS) is 19.7. The summed E-state index contributed by atoms with van der Waals surface area (Å²) in [5.41, 5.74) is 2.91. The second-order valence-corrected chi connectivity index (χ2v) is 7.50. The maximum atomic E-state index is 9.12. The number of hydrogen-bond acceptors (Lipinski definition) is 4. The first kappa shape index (κ1) is 18.6. The number of halogens is 1. The first-order valence-electron chi connectivity index (χ1n) is 7.50. The minimum atomic E-state index is -0.425. The molecule has 6 heteroatoms. The molecule has 3 nitrogen and oxygen atoms in total. The maximum absolute atomic E-state index is 9.12. The van der Waals surface area contributed by atoms with E-state index in [9.17, 15) is 0 Å². The minimum Gasteiger partial charge on any atom is -0.400 e. The van der Waals surface area contributed by atoms with Gasteiger partial charge in [-0.1, -0.05) is 28.1 Å². The zero-order valence-corrected chi connectivity index (χ0v) is 16.4. The number of rotatable bonds is 4. The van der Waals surface area contributed by atoms with E-state index in [-0.39, 0.29) is 11.2 Å². The molecule has 1 heterocycles. The average molecular weight is 394 g/mol. The van der Waals surface area contributed by atoms with Crippen LogP contribution in [0, 0.1) is 11.3 Å². The largest absolute Gasteiger partial charge is 0.491 e. The Bertz CT molecular complexity index is 651. The lowest BCUT2D eigenvalue weighted by Crippen LogP contribution is -2.41. The summed E-state index contributed by atoms with van der Waals surface area (Å²) in [6.07, 6.45) is 2.02. The zero-order valence-electron chi connectivity index (χ0n) is 13.9. The lowest BCUT2D eigenvalue weighted by atomic mass is 9.78. The highest BCUT2D eigenvalue weighted by molar-refractivity contribution is 9.08. The van der Waals surface area contributed by atoms with Crippen LogP contribution in [0.2, 0.25) is 0 Å². The zero-order chi connectivity index (χ0) is 17.3. The Hall–Kier alpha value is -0.735. The highest BCUT2D eigenvalue weighted by atomic mass is 79.9. The van der Waals surface area contributed by atoms with Gasteiger partial charge in [-0.3, -0.25) is 0 Å². The second kappa shape index (κ2) is 7.02. The summed E-state index contributed by atoms with van der Waals surface area (Å²) < 4.78 is 12.2. The first-order chi connectivity index (χ1) is 10.7. The Morgan fingerprint density at radius 2 is 1.91 bits per heavy atom. The standard InChI is InChI=1S/C17H21BBrNO2S/c1-16(2)17(3,4)22-18(21-16)15(11-23)8-14-7-12(10-20)5-6-13(14)9-19/h5-8,23H,9,11H2,1-4H3. The Labute approximate surface area is 152 Å². The van der Waals surface area contributed by atoms with Crippen molar-refractivity contribution in [1.29, 1.82) is 5.26 Å². The van der Waals surface area contributed by atoms with Gasteiger partial charge in [0.15, 0.2) is 0 Å². The molecule has 0 amide bonds. The smallest absolute Gasteiger partial charge is 0.400 e. The molecule has 0 aromatic heterocycles. The van der Waals surface area contributed by atoms with Crippen molar-refractivity contribution >= 4 is 41.8 Å². The van der Waals surface area contributed by atoms with E-state index < -0.39 is 7.12 Å². The Morgan fingerprint density at radius 1 is 1.30 bits per heavy atom. The number of nitriles is 1. The summed E-state index contributed by atoms with van der Waals surface area (Å²) in [6.45, 7) is 8.12. The van der Waals surface area contributed by atoms with Crippen LogP contribution in [0.4, 0.5) is 0 Å². The van der Waals surface area contributed by atoms with Crippen LogP contribution in [0.5, 0.6) is 0 Å².